The number of nitrogens with zero attached hydrogens (tertiary/aromatic N) is 2. The molecule has 0 saturated carbocycles. The third-order valence-electron chi connectivity index (χ3n) is 3.58. The lowest BCUT2D eigenvalue weighted by molar-refractivity contribution is 0.227. The number of aryl methyl sites for hydroxylation is 1. The number of aromatic nitrogens is 2. The Kier molecular flexibility index (Phi) is 4.50. The lowest BCUT2D eigenvalue weighted by Gasteiger charge is -2.32. The van der Waals surface area contributed by atoms with Gasteiger partial charge in [-0.3, -0.25) is 11.3 Å². The topological polar surface area (TPSA) is 55.9 Å². The molecule has 92 valence electrons. The van der Waals surface area contributed by atoms with Gasteiger partial charge in [0.25, 0.3) is 0 Å². The molecule has 0 fully saturated rings. The molecule has 0 radical (unpaired) electrons. The third kappa shape index (κ3) is 2.83. The van der Waals surface area contributed by atoms with E-state index in [0.29, 0.717) is 0 Å². The summed E-state index contributed by atoms with van der Waals surface area (Å²) in [6.07, 6.45) is 5.83. The smallest absolute Gasteiger partial charge is 0.110 e. The second-order valence-electron chi connectivity index (χ2n) is 4.89. The maximum Gasteiger partial charge on any atom is 0.110 e. The molecular formula is C12H24N4. The van der Waals surface area contributed by atoms with E-state index < -0.39 is 0 Å². The van der Waals surface area contributed by atoms with E-state index in [1.807, 2.05) is 12.4 Å². The molecule has 1 rings (SSSR count). The average Bonchev–Trinajstić information content (AvgIpc) is 2.72. The van der Waals surface area contributed by atoms with Crippen LogP contribution in [-0.4, -0.2) is 15.6 Å². The van der Waals surface area contributed by atoms with Gasteiger partial charge < -0.3 is 4.57 Å². The predicted molar refractivity (Wildman–Crippen MR) is 66.8 cm³/mol. The molecule has 1 unspecified atom stereocenters. The second kappa shape index (κ2) is 5.46. The second-order valence-corrected chi connectivity index (χ2v) is 4.89. The van der Waals surface area contributed by atoms with Crippen LogP contribution in [-0.2, 0) is 13.0 Å². The highest BCUT2D eigenvalue weighted by atomic mass is 15.2. The summed E-state index contributed by atoms with van der Waals surface area (Å²) in [6.45, 7) is 9.74. The van der Waals surface area contributed by atoms with Crippen molar-refractivity contribution in [1.29, 1.82) is 0 Å². The molecular weight excluding hydrogens is 200 g/mol. The molecule has 16 heavy (non-hydrogen) atoms. The molecule has 0 amide bonds. The minimum absolute atomic E-state index is 0.180. The summed E-state index contributed by atoms with van der Waals surface area (Å²) in [6, 6.07) is 0.255. The molecule has 4 heteroatoms. The van der Waals surface area contributed by atoms with Crippen LogP contribution in [0.1, 0.15) is 39.9 Å². The number of hydrogen-bond donors (Lipinski definition) is 2. The van der Waals surface area contributed by atoms with Crippen LogP contribution >= 0.6 is 0 Å². The molecule has 3 N–H and O–H groups in total. The molecule has 0 aliphatic rings. The molecule has 1 aromatic heterocycles. The minimum atomic E-state index is 0.180. The number of nitrogens with one attached hydrogen (secondary N) is 1. The van der Waals surface area contributed by atoms with Crippen molar-refractivity contribution in [3.05, 3.63) is 18.2 Å². The van der Waals surface area contributed by atoms with Crippen molar-refractivity contribution in [3.63, 3.8) is 0 Å². The lowest BCUT2D eigenvalue weighted by atomic mass is 9.80. The van der Waals surface area contributed by atoms with Crippen LogP contribution in [0.25, 0.3) is 0 Å². The van der Waals surface area contributed by atoms with Gasteiger partial charge in [-0.05, 0) is 18.8 Å². The highest BCUT2D eigenvalue weighted by Gasteiger charge is 2.27. The van der Waals surface area contributed by atoms with Crippen molar-refractivity contribution < 1.29 is 0 Å². The molecule has 0 aliphatic heterocycles. The van der Waals surface area contributed by atoms with E-state index in [-0.39, 0.29) is 11.5 Å². The van der Waals surface area contributed by atoms with Gasteiger partial charge in [-0.25, -0.2) is 4.98 Å². The maximum atomic E-state index is 5.66. The van der Waals surface area contributed by atoms with Gasteiger partial charge in [0.2, 0.25) is 0 Å². The van der Waals surface area contributed by atoms with E-state index in [1.165, 1.54) is 0 Å². The quantitative estimate of drug-likeness (QED) is 0.571. The van der Waals surface area contributed by atoms with Crippen molar-refractivity contribution >= 4 is 0 Å². The van der Waals surface area contributed by atoms with Gasteiger partial charge in [0, 0.05) is 31.4 Å². The van der Waals surface area contributed by atoms with Crippen LogP contribution in [0.4, 0.5) is 0 Å². The molecule has 1 atom stereocenters. The SMILES string of the molecule is CCn1ccnc1CC(NN)C(C)(C)CC. The van der Waals surface area contributed by atoms with E-state index in [2.05, 4.69) is 42.7 Å². The summed E-state index contributed by atoms with van der Waals surface area (Å²) in [5, 5.41) is 0. The Labute approximate surface area is 98.2 Å². The van der Waals surface area contributed by atoms with E-state index in [4.69, 9.17) is 5.84 Å². The van der Waals surface area contributed by atoms with Crippen molar-refractivity contribution in [2.75, 3.05) is 0 Å². The first-order valence-corrected chi connectivity index (χ1v) is 6.01. The van der Waals surface area contributed by atoms with Gasteiger partial charge in [0.05, 0.1) is 0 Å². The minimum Gasteiger partial charge on any atom is -0.335 e. The zero-order valence-electron chi connectivity index (χ0n) is 10.8. The predicted octanol–water partition coefficient (Wildman–Crippen LogP) is 1.71. The fourth-order valence-corrected chi connectivity index (χ4v) is 1.81. The number of hydrazine groups is 1. The van der Waals surface area contributed by atoms with Crippen LogP contribution < -0.4 is 11.3 Å². The summed E-state index contributed by atoms with van der Waals surface area (Å²) in [4.78, 5) is 4.39. The highest BCUT2D eigenvalue weighted by Crippen LogP contribution is 2.26. The molecule has 0 aromatic carbocycles. The zero-order valence-corrected chi connectivity index (χ0v) is 10.8. The summed E-state index contributed by atoms with van der Waals surface area (Å²) in [7, 11) is 0. The first kappa shape index (κ1) is 13.2. The number of nitrogens with two attached hydrogens (primary N) is 1. The first-order valence-electron chi connectivity index (χ1n) is 6.01. The molecule has 4 nitrogen and oxygen atoms in total. The summed E-state index contributed by atoms with van der Waals surface area (Å²) >= 11 is 0. The fourth-order valence-electron chi connectivity index (χ4n) is 1.81. The summed E-state index contributed by atoms with van der Waals surface area (Å²) < 4.78 is 2.16. The van der Waals surface area contributed by atoms with Gasteiger partial charge >= 0.3 is 0 Å². The fraction of sp³-hybridized carbons (Fsp3) is 0.750. The monoisotopic (exact) mass is 224 g/mol. The highest BCUT2D eigenvalue weighted by molar-refractivity contribution is 4.98. The molecule has 0 spiro atoms. The Hall–Kier alpha value is -0.870. The Morgan fingerprint density at radius 3 is 2.69 bits per heavy atom. The van der Waals surface area contributed by atoms with Crippen LogP contribution in [0.5, 0.6) is 0 Å². The van der Waals surface area contributed by atoms with Crippen molar-refractivity contribution in [3.8, 4) is 0 Å². The Morgan fingerprint density at radius 1 is 1.50 bits per heavy atom. The zero-order chi connectivity index (χ0) is 12.2. The Balaban J connectivity index is 2.78. The van der Waals surface area contributed by atoms with Gasteiger partial charge in [-0.1, -0.05) is 20.8 Å². The van der Waals surface area contributed by atoms with Crippen LogP contribution in [0.3, 0.4) is 0 Å². The Bertz CT molecular complexity index is 317. The summed E-state index contributed by atoms with van der Waals surface area (Å²) in [5.74, 6) is 6.76. The number of rotatable bonds is 6. The van der Waals surface area contributed by atoms with E-state index >= 15 is 0 Å². The molecule has 1 heterocycles. The van der Waals surface area contributed by atoms with Crippen LogP contribution in [0, 0.1) is 5.41 Å². The van der Waals surface area contributed by atoms with Gasteiger partial charge in [0.1, 0.15) is 5.82 Å². The maximum absolute atomic E-state index is 5.66. The van der Waals surface area contributed by atoms with Crippen LogP contribution in [0.2, 0.25) is 0 Å². The first-order chi connectivity index (χ1) is 7.55. The van der Waals surface area contributed by atoms with Gasteiger partial charge in [-0.15, -0.1) is 0 Å². The van der Waals surface area contributed by atoms with Crippen molar-refractivity contribution in [2.24, 2.45) is 11.3 Å². The average molecular weight is 224 g/mol. The lowest BCUT2D eigenvalue weighted by Crippen LogP contribution is -2.47. The largest absolute Gasteiger partial charge is 0.335 e. The van der Waals surface area contributed by atoms with Crippen LogP contribution in [0.15, 0.2) is 12.4 Å². The summed E-state index contributed by atoms with van der Waals surface area (Å²) in [5.41, 5.74) is 3.11. The van der Waals surface area contributed by atoms with Gasteiger partial charge in [-0.2, -0.15) is 0 Å². The molecule has 0 aliphatic carbocycles. The normalized spacial score (nSPS) is 14.1. The number of imidazole rings is 1. The molecule has 1 aromatic rings. The van der Waals surface area contributed by atoms with Gasteiger partial charge in [0.15, 0.2) is 0 Å². The molecule has 0 saturated heterocycles. The van der Waals surface area contributed by atoms with E-state index in [0.717, 1.165) is 25.2 Å². The Morgan fingerprint density at radius 2 is 2.19 bits per heavy atom. The third-order valence-corrected chi connectivity index (χ3v) is 3.58. The number of hydrogen-bond acceptors (Lipinski definition) is 3. The van der Waals surface area contributed by atoms with E-state index in [9.17, 15) is 0 Å². The van der Waals surface area contributed by atoms with E-state index in [1.54, 1.807) is 0 Å². The van der Waals surface area contributed by atoms with Crippen molar-refractivity contribution in [1.82, 2.24) is 15.0 Å². The standard InChI is InChI=1S/C12H24N4/c1-5-12(3,4)10(15-13)9-11-14-7-8-16(11)6-2/h7-8,10,15H,5-6,9,13H2,1-4H3. The van der Waals surface area contributed by atoms with Crippen molar-refractivity contribution in [2.45, 2.75) is 53.1 Å². The molecule has 0 bridgehead atoms.